The molecule has 2 aromatic rings. The van der Waals surface area contributed by atoms with Gasteiger partial charge in [0.2, 0.25) is 0 Å². The lowest BCUT2D eigenvalue weighted by Gasteiger charge is -2.12. The summed E-state index contributed by atoms with van der Waals surface area (Å²) in [6, 6.07) is 10.5. The lowest BCUT2D eigenvalue weighted by Crippen LogP contribution is -2.46. The molecule has 0 bridgehead atoms. The Hall–Kier alpha value is -2.44. The van der Waals surface area contributed by atoms with Gasteiger partial charge in [0.25, 0.3) is 11.8 Å². The van der Waals surface area contributed by atoms with Gasteiger partial charge in [0.1, 0.15) is 5.75 Å². The van der Waals surface area contributed by atoms with Crippen LogP contribution in [0.25, 0.3) is 0 Å². The molecule has 0 heterocycles. The molecule has 2 aromatic carbocycles. The van der Waals surface area contributed by atoms with Crippen LogP contribution in [-0.2, 0) is 9.59 Å². The molecule has 3 N–H and O–H groups in total. The topological polar surface area (TPSA) is 79.5 Å². The summed E-state index contributed by atoms with van der Waals surface area (Å²) < 4.78 is 5.27. The maximum Gasteiger partial charge on any atom is 0.276 e. The molecule has 0 radical (unpaired) electrons. The zero-order valence-corrected chi connectivity index (χ0v) is 15.9. The average Bonchev–Trinajstić information content (AvgIpc) is 2.58. The van der Waals surface area contributed by atoms with Crippen LogP contribution in [-0.4, -0.2) is 25.0 Å². The molecule has 0 fully saturated rings. The smallest absolute Gasteiger partial charge is 0.276 e. The van der Waals surface area contributed by atoms with E-state index in [0.717, 1.165) is 16.8 Å². The highest BCUT2D eigenvalue weighted by Gasteiger charge is 2.08. The molecule has 8 heteroatoms. The summed E-state index contributed by atoms with van der Waals surface area (Å²) in [7, 11) is 0. The fourth-order valence-corrected chi connectivity index (χ4v) is 2.61. The van der Waals surface area contributed by atoms with Gasteiger partial charge in [0.05, 0.1) is 11.6 Å². The first-order valence-corrected chi connectivity index (χ1v) is 8.57. The van der Waals surface area contributed by atoms with Crippen LogP contribution in [0.2, 0.25) is 10.0 Å². The SMILES string of the molecule is Cc1ccc(NCC(=O)NNC(=O)COc2ccc(Cl)cc2Cl)c(C)c1. The average molecular weight is 396 g/mol. The number of carbonyl (C=O) groups is 2. The van der Waals surface area contributed by atoms with Crippen LogP contribution in [0.15, 0.2) is 36.4 Å². The van der Waals surface area contributed by atoms with Crippen molar-refractivity contribution in [2.45, 2.75) is 13.8 Å². The van der Waals surface area contributed by atoms with Crippen LogP contribution in [0, 0.1) is 13.8 Å². The summed E-state index contributed by atoms with van der Waals surface area (Å²) in [6.45, 7) is 3.67. The number of halogens is 2. The second-order valence-corrected chi connectivity index (χ2v) is 6.48. The van der Waals surface area contributed by atoms with Gasteiger partial charge in [-0.1, -0.05) is 40.9 Å². The molecule has 0 unspecified atom stereocenters. The first-order chi connectivity index (χ1) is 12.3. The van der Waals surface area contributed by atoms with Crippen LogP contribution in [0.1, 0.15) is 11.1 Å². The molecule has 6 nitrogen and oxygen atoms in total. The monoisotopic (exact) mass is 395 g/mol. The van der Waals surface area contributed by atoms with Gasteiger partial charge >= 0.3 is 0 Å². The van der Waals surface area contributed by atoms with Gasteiger partial charge in [-0.3, -0.25) is 20.4 Å². The number of benzene rings is 2. The fraction of sp³-hybridized carbons (Fsp3) is 0.222. The van der Waals surface area contributed by atoms with Crippen molar-refractivity contribution in [1.82, 2.24) is 10.9 Å². The van der Waals surface area contributed by atoms with Crippen LogP contribution in [0.5, 0.6) is 5.75 Å². The molecule has 0 spiro atoms. The number of hydrogen-bond acceptors (Lipinski definition) is 4. The van der Waals surface area contributed by atoms with E-state index in [2.05, 4.69) is 16.2 Å². The van der Waals surface area contributed by atoms with E-state index in [-0.39, 0.29) is 19.1 Å². The third-order valence-corrected chi connectivity index (χ3v) is 3.95. The Morgan fingerprint density at radius 2 is 1.73 bits per heavy atom. The minimum absolute atomic E-state index is 0.0219. The number of hydrazine groups is 1. The van der Waals surface area contributed by atoms with Crippen molar-refractivity contribution >= 4 is 40.7 Å². The van der Waals surface area contributed by atoms with E-state index < -0.39 is 5.91 Å². The van der Waals surface area contributed by atoms with E-state index in [0.29, 0.717) is 15.8 Å². The molecule has 0 saturated heterocycles. The zero-order valence-electron chi connectivity index (χ0n) is 14.4. The summed E-state index contributed by atoms with van der Waals surface area (Å²) in [4.78, 5) is 23.5. The van der Waals surface area contributed by atoms with Crippen molar-refractivity contribution in [3.63, 3.8) is 0 Å². The number of amides is 2. The molecule has 0 aliphatic heterocycles. The summed E-state index contributed by atoms with van der Waals surface area (Å²) in [5.41, 5.74) is 7.62. The quantitative estimate of drug-likeness (QED) is 0.655. The molecule has 2 rings (SSSR count). The first kappa shape index (κ1) is 19.9. The molecular formula is C18H19Cl2N3O3. The number of ether oxygens (including phenoxy) is 1. The summed E-state index contributed by atoms with van der Waals surface area (Å²) in [5, 5.41) is 3.78. The van der Waals surface area contributed by atoms with Crippen molar-refractivity contribution in [2.24, 2.45) is 0 Å². The van der Waals surface area contributed by atoms with Gasteiger partial charge in [0.15, 0.2) is 6.61 Å². The van der Waals surface area contributed by atoms with Crippen molar-refractivity contribution in [3.05, 3.63) is 57.6 Å². The molecule has 138 valence electrons. The summed E-state index contributed by atoms with van der Waals surface area (Å²) in [6.07, 6.45) is 0. The van der Waals surface area contributed by atoms with E-state index in [1.807, 2.05) is 32.0 Å². The Morgan fingerprint density at radius 3 is 2.42 bits per heavy atom. The molecule has 26 heavy (non-hydrogen) atoms. The standard InChI is InChI=1S/C18H19Cl2N3O3/c1-11-3-5-15(12(2)7-11)21-9-17(24)22-23-18(25)10-26-16-6-4-13(19)8-14(16)20/h3-8,21H,9-10H2,1-2H3,(H,22,24)(H,23,25). The second-order valence-electron chi connectivity index (χ2n) is 5.63. The number of anilines is 1. The fourth-order valence-electron chi connectivity index (χ4n) is 2.14. The van der Waals surface area contributed by atoms with E-state index in [4.69, 9.17) is 27.9 Å². The van der Waals surface area contributed by atoms with Gasteiger partial charge < -0.3 is 10.1 Å². The number of rotatable bonds is 6. The van der Waals surface area contributed by atoms with Crippen molar-refractivity contribution in [1.29, 1.82) is 0 Å². The highest BCUT2D eigenvalue weighted by atomic mass is 35.5. The number of nitrogens with one attached hydrogen (secondary N) is 3. The van der Waals surface area contributed by atoms with Gasteiger partial charge in [-0.05, 0) is 43.7 Å². The Bertz CT molecular complexity index is 745. The Morgan fingerprint density at radius 1 is 1.00 bits per heavy atom. The Balaban J connectivity index is 1.72. The minimum atomic E-state index is -0.518. The normalized spacial score (nSPS) is 10.2. The van der Waals surface area contributed by atoms with Gasteiger partial charge in [-0.15, -0.1) is 0 Å². The molecule has 2 amide bonds. The summed E-state index contributed by atoms with van der Waals surface area (Å²) in [5.74, 6) is -0.576. The Kier molecular flexibility index (Phi) is 7.12. The van der Waals surface area contributed by atoms with Crippen LogP contribution < -0.4 is 20.9 Å². The van der Waals surface area contributed by atoms with Gasteiger partial charge in [-0.2, -0.15) is 0 Å². The van der Waals surface area contributed by atoms with Gasteiger partial charge in [0, 0.05) is 10.7 Å². The van der Waals surface area contributed by atoms with E-state index in [1.54, 1.807) is 12.1 Å². The third kappa shape index (κ3) is 6.13. The van der Waals surface area contributed by atoms with E-state index >= 15 is 0 Å². The van der Waals surface area contributed by atoms with Crippen molar-refractivity contribution in [3.8, 4) is 5.75 Å². The minimum Gasteiger partial charge on any atom is -0.482 e. The van der Waals surface area contributed by atoms with Crippen LogP contribution in [0.3, 0.4) is 0 Å². The predicted molar refractivity (Wildman–Crippen MR) is 103 cm³/mol. The lowest BCUT2D eigenvalue weighted by molar-refractivity contribution is -0.129. The van der Waals surface area contributed by atoms with Crippen LogP contribution in [0.4, 0.5) is 5.69 Å². The molecule has 0 atom stereocenters. The maximum absolute atomic E-state index is 11.8. The van der Waals surface area contributed by atoms with Crippen LogP contribution >= 0.6 is 23.2 Å². The van der Waals surface area contributed by atoms with E-state index in [9.17, 15) is 9.59 Å². The highest BCUT2D eigenvalue weighted by Crippen LogP contribution is 2.27. The first-order valence-electron chi connectivity index (χ1n) is 7.82. The third-order valence-electron chi connectivity index (χ3n) is 3.42. The molecule has 0 aliphatic carbocycles. The number of carbonyl (C=O) groups excluding carboxylic acids is 2. The predicted octanol–water partition coefficient (Wildman–Crippen LogP) is 3.25. The molecule has 0 saturated carbocycles. The van der Waals surface area contributed by atoms with Crippen molar-refractivity contribution in [2.75, 3.05) is 18.5 Å². The number of aryl methyl sites for hydroxylation is 2. The highest BCUT2D eigenvalue weighted by molar-refractivity contribution is 6.35. The van der Waals surface area contributed by atoms with Gasteiger partial charge in [-0.25, -0.2) is 0 Å². The number of hydrogen-bond donors (Lipinski definition) is 3. The molecular weight excluding hydrogens is 377 g/mol. The largest absolute Gasteiger partial charge is 0.482 e. The van der Waals surface area contributed by atoms with E-state index in [1.165, 1.54) is 6.07 Å². The Labute approximate surface area is 161 Å². The lowest BCUT2D eigenvalue weighted by atomic mass is 10.1. The molecule has 0 aromatic heterocycles. The molecule has 0 aliphatic rings. The van der Waals surface area contributed by atoms with Crippen molar-refractivity contribution < 1.29 is 14.3 Å². The maximum atomic E-state index is 11.8. The second kappa shape index (κ2) is 9.31. The zero-order chi connectivity index (χ0) is 19.1. The summed E-state index contributed by atoms with van der Waals surface area (Å²) >= 11 is 11.7.